The molecule has 1 aliphatic heterocycles. The van der Waals surface area contributed by atoms with Crippen LogP contribution in [0.15, 0.2) is 54.6 Å². The molecule has 35 heavy (non-hydrogen) atoms. The van der Waals surface area contributed by atoms with Gasteiger partial charge in [0.25, 0.3) is 0 Å². The first kappa shape index (κ1) is 25.7. The number of aldehydes is 1. The first-order chi connectivity index (χ1) is 16.8. The summed E-state index contributed by atoms with van der Waals surface area (Å²) < 4.78 is 26.4. The molecule has 0 aromatic heterocycles. The Bertz CT molecular complexity index is 1070. The molecule has 7 nitrogen and oxygen atoms in total. The van der Waals surface area contributed by atoms with E-state index in [1.54, 1.807) is 0 Å². The number of carbonyl (C=O) groups is 4. The molecule has 2 aromatic carbocycles. The summed E-state index contributed by atoms with van der Waals surface area (Å²) in [5, 5.41) is 7.96. The van der Waals surface area contributed by atoms with Crippen LogP contribution in [0, 0.1) is 17.6 Å². The highest BCUT2D eigenvalue weighted by Gasteiger charge is 2.28. The number of hydrogen-bond acceptors (Lipinski definition) is 4. The third-order valence-electron chi connectivity index (χ3n) is 5.71. The number of nitrogens with one attached hydrogen (secondary N) is 3. The minimum atomic E-state index is -1.06. The van der Waals surface area contributed by atoms with E-state index in [2.05, 4.69) is 16.0 Å². The van der Waals surface area contributed by atoms with E-state index in [1.165, 1.54) is 60.7 Å². The van der Waals surface area contributed by atoms with E-state index >= 15 is 0 Å². The number of halogens is 2. The predicted molar refractivity (Wildman–Crippen MR) is 126 cm³/mol. The van der Waals surface area contributed by atoms with E-state index in [0.717, 1.165) is 6.42 Å². The fraction of sp³-hybridized carbons (Fsp3) is 0.308. The van der Waals surface area contributed by atoms with Crippen molar-refractivity contribution in [2.45, 2.75) is 37.8 Å². The second kappa shape index (κ2) is 12.5. The van der Waals surface area contributed by atoms with E-state index in [0.29, 0.717) is 30.4 Å². The fourth-order valence-electron chi connectivity index (χ4n) is 3.83. The van der Waals surface area contributed by atoms with E-state index in [4.69, 9.17) is 0 Å². The molecule has 3 amide bonds. The van der Waals surface area contributed by atoms with Crippen LogP contribution < -0.4 is 16.0 Å². The Morgan fingerprint density at radius 3 is 2.31 bits per heavy atom. The van der Waals surface area contributed by atoms with Crippen LogP contribution in [0.25, 0.3) is 6.08 Å². The molecule has 3 N–H and O–H groups in total. The van der Waals surface area contributed by atoms with E-state index in [-0.39, 0.29) is 24.7 Å². The number of benzene rings is 2. The summed E-state index contributed by atoms with van der Waals surface area (Å²) in [6.45, 7) is 0.588. The quantitative estimate of drug-likeness (QED) is 0.356. The van der Waals surface area contributed by atoms with Crippen LogP contribution in [-0.4, -0.2) is 42.6 Å². The molecule has 0 spiro atoms. The van der Waals surface area contributed by atoms with Crippen molar-refractivity contribution in [3.05, 3.63) is 77.4 Å². The highest BCUT2D eigenvalue weighted by molar-refractivity contribution is 5.96. The average Bonchev–Trinajstić information content (AvgIpc) is 2.85. The normalized spacial score (nSPS) is 17.3. The van der Waals surface area contributed by atoms with Crippen LogP contribution in [0.2, 0.25) is 0 Å². The molecule has 0 aliphatic carbocycles. The van der Waals surface area contributed by atoms with Crippen molar-refractivity contribution < 1.29 is 28.0 Å². The number of rotatable bonds is 10. The maximum Gasteiger partial charge on any atom is 0.244 e. The third-order valence-corrected chi connectivity index (χ3v) is 5.71. The minimum Gasteiger partial charge on any atom is -0.356 e. The van der Waals surface area contributed by atoms with Gasteiger partial charge in [-0.25, -0.2) is 8.78 Å². The van der Waals surface area contributed by atoms with Gasteiger partial charge in [0.1, 0.15) is 24.0 Å². The van der Waals surface area contributed by atoms with Crippen molar-refractivity contribution in [3.8, 4) is 0 Å². The molecule has 1 fully saturated rings. The summed E-state index contributed by atoms with van der Waals surface area (Å²) in [5.41, 5.74) is 1.19. The van der Waals surface area contributed by atoms with Gasteiger partial charge in [-0.05, 0) is 60.7 Å². The summed E-state index contributed by atoms with van der Waals surface area (Å²) in [6.07, 6.45) is 4.88. The highest BCUT2D eigenvalue weighted by atomic mass is 19.1. The predicted octanol–water partition coefficient (Wildman–Crippen LogP) is 2.31. The van der Waals surface area contributed by atoms with Crippen molar-refractivity contribution in [2.24, 2.45) is 5.92 Å². The van der Waals surface area contributed by atoms with Gasteiger partial charge in [-0.1, -0.05) is 24.3 Å². The summed E-state index contributed by atoms with van der Waals surface area (Å²) in [6, 6.07) is 9.04. The van der Waals surface area contributed by atoms with Crippen molar-refractivity contribution in [2.75, 3.05) is 6.54 Å². The Morgan fingerprint density at radius 1 is 1.03 bits per heavy atom. The molecule has 0 radical (unpaired) electrons. The number of hydrogen-bond donors (Lipinski definition) is 3. The van der Waals surface area contributed by atoms with Crippen LogP contribution in [0.5, 0.6) is 0 Å². The minimum absolute atomic E-state index is 0.0533. The summed E-state index contributed by atoms with van der Waals surface area (Å²) in [7, 11) is 0. The molecule has 1 heterocycles. The lowest BCUT2D eigenvalue weighted by atomic mass is 9.92. The van der Waals surface area contributed by atoms with Gasteiger partial charge in [0, 0.05) is 25.0 Å². The maximum absolute atomic E-state index is 13.3. The fourth-order valence-corrected chi connectivity index (χ4v) is 3.83. The molecular formula is C26H27F2N3O4. The van der Waals surface area contributed by atoms with E-state index in [1.807, 2.05) is 0 Å². The van der Waals surface area contributed by atoms with Crippen LogP contribution in [0.3, 0.4) is 0 Å². The average molecular weight is 484 g/mol. The smallest absolute Gasteiger partial charge is 0.244 e. The largest absolute Gasteiger partial charge is 0.356 e. The van der Waals surface area contributed by atoms with Crippen molar-refractivity contribution in [1.29, 1.82) is 0 Å². The SMILES string of the molecule is O=C[C@H](C[C@@H]1CCCNC1=O)NC(=O)[C@H](Cc1ccc(F)cc1)NC(=O)/C=C/c1ccc(F)cc1. The molecule has 0 bridgehead atoms. The molecule has 3 rings (SSSR count). The Kier molecular flexibility index (Phi) is 9.23. The monoisotopic (exact) mass is 483 g/mol. The van der Waals surface area contributed by atoms with Gasteiger partial charge in [0.05, 0.1) is 6.04 Å². The second-order valence-corrected chi connectivity index (χ2v) is 8.39. The maximum atomic E-state index is 13.3. The molecule has 1 saturated heterocycles. The summed E-state index contributed by atoms with van der Waals surface area (Å²) in [5.74, 6) is -2.56. The van der Waals surface area contributed by atoms with Crippen molar-refractivity contribution >= 4 is 30.1 Å². The van der Waals surface area contributed by atoms with Crippen LogP contribution in [0.1, 0.15) is 30.4 Å². The van der Waals surface area contributed by atoms with E-state index in [9.17, 15) is 28.0 Å². The van der Waals surface area contributed by atoms with Gasteiger partial charge < -0.3 is 20.7 Å². The van der Waals surface area contributed by atoms with Gasteiger partial charge in [-0.15, -0.1) is 0 Å². The number of carbonyl (C=O) groups excluding carboxylic acids is 4. The molecule has 3 atom stereocenters. The Hall–Kier alpha value is -3.88. The standard InChI is InChI=1S/C26H27F2N3O4/c27-20-8-3-17(4-9-20)7-12-24(33)31-23(14-18-5-10-21(28)11-6-18)26(35)30-22(16-32)15-19-2-1-13-29-25(19)34/h3-12,16,19,22-23H,1-2,13-15H2,(H,29,34)(H,30,35)(H,31,33)/b12-7+/t19-,22-,23-/m0/s1. The van der Waals surface area contributed by atoms with Gasteiger partial charge >= 0.3 is 0 Å². The molecule has 2 aromatic rings. The summed E-state index contributed by atoms with van der Waals surface area (Å²) >= 11 is 0. The van der Waals surface area contributed by atoms with Crippen molar-refractivity contribution in [1.82, 2.24) is 16.0 Å². The highest BCUT2D eigenvalue weighted by Crippen LogP contribution is 2.17. The van der Waals surface area contributed by atoms with Gasteiger partial charge in [0.15, 0.2) is 0 Å². The third kappa shape index (κ3) is 8.13. The lowest BCUT2D eigenvalue weighted by molar-refractivity contribution is -0.130. The number of piperidine rings is 1. The Morgan fingerprint density at radius 2 is 1.69 bits per heavy atom. The Balaban J connectivity index is 1.69. The van der Waals surface area contributed by atoms with Crippen LogP contribution in [-0.2, 0) is 25.6 Å². The van der Waals surface area contributed by atoms with E-state index < -0.39 is 35.5 Å². The molecule has 1 aliphatic rings. The van der Waals surface area contributed by atoms with Crippen LogP contribution >= 0.6 is 0 Å². The molecule has 0 saturated carbocycles. The zero-order valence-corrected chi connectivity index (χ0v) is 19.0. The van der Waals surface area contributed by atoms with Crippen LogP contribution in [0.4, 0.5) is 8.78 Å². The first-order valence-corrected chi connectivity index (χ1v) is 11.4. The molecule has 184 valence electrons. The van der Waals surface area contributed by atoms with Gasteiger partial charge in [-0.2, -0.15) is 0 Å². The first-order valence-electron chi connectivity index (χ1n) is 11.4. The summed E-state index contributed by atoms with van der Waals surface area (Å²) in [4.78, 5) is 49.2. The second-order valence-electron chi connectivity index (χ2n) is 8.39. The molecule has 9 heteroatoms. The van der Waals surface area contributed by atoms with Crippen molar-refractivity contribution in [3.63, 3.8) is 0 Å². The molecule has 0 unspecified atom stereocenters. The zero-order chi connectivity index (χ0) is 25.2. The zero-order valence-electron chi connectivity index (χ0n) is 19.0. The van der Waals surface area contributed by atoms with Gasteiger partial charge in [-0.3, -0.25) is 14.4 Å². The Labute approximate surface area is 202 Å². The lowest BCUT2D eigenvalue weighted by Gasteiger charge is -2.25. The molecular weight excluding hydrogens is 456 g/mol. The lowest BCUT2D eigenvalue weighted by Crippen LogP contribution is -2.51. The topological polar surface area (TPSA) is 104 Å². The number of amides is 3. The van der Waals surface area contributed by atoms with Gasteiger partial charge in [0.2, 0.25) is 17.7 Å².